The van der Waals surface area contributed by atoms with E-state index in [0.29, 0.717) is 6.54 Å². The van der Waals surface area contributed by atoms with Crippen molar-refractivity contribution in [3.8, 4) is 0 Å². The molecule has 0 spiro atoms. The number of carboxylic acids is 1. The summed E-state index contributed by atoms with van der Waals surface area (Å²) in [5.74, 6) is -1.04. The van der Waals surface area contributed by atoms with Crippen LogP contribution in [0.15, 0.2) is 24.4 Å². The van der Waals surface area contributed by atoms with E-state index >= 15 is 0 Å². The minimum absolute atomic E-state index is 0.323. The highest BCUT2D eigenvalue weighted by Gasteiger charge is 2.33. The molecule has 6 nitrogen and oxygen atoms in total. The fourth-order valence-electron chi connectivity index (χ4n) is 1.69. The van der Waals surface area contributed by atoms with E-state index < -0.39 is 23.5 Å². The van der Waals surface area contributed by atoms with Gasteiger partial charge in [0.15, 0.2) is 0 Å². The Kier molecular flexibility index (Phi) is 5.07. The topological polar surface area (TPSA) is 82.5 Å². The first-order valence-corrected chi connectivity index (χ1v) is 6.36. The Hall–Kier alpha value is -2.11. The molecule has 110 valence electrons. The Bertz CT molecular complexity index is 468. The maximum absolute atomic E-state index is 12.0. The van der Waals surface area contributed by atoms with Crippen molar-refractivity contribution in [3.05, 3.63) is 30.1 Å². The highest BCUT2D eigenvalue weighted by molar-refractivity contribution is 5.83. The summed E-state index contributed by atoms with van der Waals surface area (Å²) in [4.78, 5) is 28.8. The average Bonchev–Trinajstić information content (AvgIpc) is 2.34. The number of carbonyl (C=O) groups is 2. The Morgan fingerprint density at radius 1 is 1.40 bits per heavy atom. The summed E-state index contributed by atoms with van der Waals surface area (Å²) >= 11 is 0. The number of nitrogens with zero attached hydrogens (tertiary/aromatic N) is 2. The van der Waals surface area contributed by atoms with Gasteiger partial charge in [-0.1, -0.05) is 26.8 Å². The lowest BCUT2D eigenvalue weighted by atomic mass is 9.87. The molecule has 0 aliphatic rings. The summed E-state index contributed by atoms with van der Waals surface area (Å²) in [5.41, 5.74) is 0.181. The van der Waals surface area contributed by atoms with Crippen molar-refractivity contribution in [3.63, 3.8) is 0 Å². The molecule has 0 aliphatic heterocycles. The van der Waals surface area contributed by atoms with Gasteiger partial charge in [-0.05, 0) is 17.5 Å². The van der Waals surface area contributed by atoms with Crippen molar-refractivity contribution in [2.75, 3.05) is 7.05 Å². The largest absolute Gasteiger partial charge is 0.480 e. The molecule has 2 amide bonds. The third-order valence-electron chi connectivity index (χ3n) is 2.85. The molecule has 0 aliphatic carbocycles. The Labute approximate surface area is 118 Å². The second-order valence-corrected chi connectivity index (χ2v) is 5.76. The maximum atomic E-state index is 12.0. The normalized spacial score (nSPS) is 12.6. The highest BCUT2D eigenvalue weighted by Crippen LogP contribution is 2.19. The van der Waals surface area contributed by atoms with Gasteiger partial charge < -0.3 is 15.3 Å². The van der Waals surface area contributed by atoms with Crippen molar-refractivity contribution in [2.24, 2.45) is 5.41 Å². The average molecular weight is 279 g/mol. The number of amides is 2. The number of hydrogen-bond acceptors (Lipinski definition) is 3. The van der Waals surface area contributed by atoms with E-state index in [1.807, 2.05) is 12.1 Å². The number of nitrogens with one attached hydrogen (secondary N) is 1. The number of pyridine rings is 1. The summed E-state index contributed by atoms with van der Waals surface area (Å²) in [6.07, 6.45) is 1.65. The molecule has 0 fully saturated rings. The smallest absolute Gasteiger partial charge is 0.326 e. The Balaban J connectivity index is 2.67. The van der Waals surface area contributed by atoms with E-state index in [9.17, 15) is 14.7 Å². The molecule has 0 radical (unpaired) electrons. The highest BCUT2D eigenvalue weighted by atomic mass is 16.4. The second kappa shape index (κ2) is 6.36. The molecule has 1 atom stereocenters. The quantitative estimate of drug-likeness (QED) is 0.879. The van der Waals surface area contributed by atoms with Gasteiger partial charge >= 0.3 is 12.0 Å². The number of aliphatic carboxylic acids is 1. The molecule has 1 heterocycles. The van der Waals surface area contributed by atoms with E-state index in [-0.39, 0.29) is 0 Å². The van der Waals surface area contributed by atoms with Crippen LogP contribution in [0.5, 0.6) is 0 Å². The molecule has 1 aromatic heterocycles. The SMILES string of the molecule is CN(Cc1ccccn1)C(=O)NC(C(=O)O)C(C)(C)C. The standard InChI is InChI=1S/C14H21N3O3/c1-14(2,3)11(12(18)19)16-13(20)17(4)9-10-7-5-6-8-15-10/h5-8,11H,9H2,1-4H3,(H,16,20)(H,18,19). The number of rotatable bonds is 4. The molecule has 1 aromatic rings. The lowest BCUT2D eigenvalue weighted by molar-refractivity contribution is -0.142. The molecular formula is C14H21N3O3. The van der Waals surface area contributed by atoms with Gasteiger partial charge in [0.25, 0.3) is 0 Å². The number of aromatic nitrogens is 1. The first kappa shape index (κ1) is 15.9. The van der Waals surface area contributed by atoms with Gasteiger partial charge in [-0.2, -0.15) is 0 Å². The van der Waals surface area contributed by atoms with Crippen LogP contribution in [0.1, 0.15) is 26.5 Å². The maximum Gasteiger partial charge on any atom is 0.326 e. The Morgan fingerprint density at radius 2 is 2.05 bits per heavy atom. The van der Waals surface area contributed by atoms with Gasteiger partial charge in [0.05, 0.1) is 12.2 Å². The zero-order valence-electron chi connectivity index (χ0n) is 12.3. The summed E-state index contributed by atoms with van der Waals surface area (Å²) in [7, 11) is 1.60. The molecule has 0 bridgehead atoms. The molecule has 0 saturated heterocycles. The van der Waals surface area contributed by atoms with Crippen molar-refractivity contribution in [2.45, 2.75) is 33.4 Å². The summed E-state index contributed by atoms with van der Waals surface area (Å²) in [5, 5.41) is 11.7. The number of urea groups is 1. The zero-order valence-corrected chi connectivity index (χ0v) is 12.3. The second-order valence-electron chi connectivity index (χ2n) is 5.76. The first-order valence-electron chi connectivity index (χ1n) is 6.36. The van der Waals surface area contributed by atoms with Crippen molar-refractivity contribution < 1.29 is 14.7 Å². The van der Waals surface area contributed by atoms with E-state index in [4.69, 9.17) is 0 Å². The van der Waals surface area contributed by atoms with Crippen molar-refractivity contribution >= 4 is 12.0 Å². The van der Waals surface area contributed by atoms with Crippen LogP contribution in [0.2, 0.25) is 0 Å². The van der Waals surface area contributed by atoms with Gasteiger partial charge in [0.1, 0.15) is 6.04 Å². The van der Waals surface area contributed by atoms with Crippen LogP contribution < -0.4 is 5.32 Å². The number of hydrogen-bond donors (Lipinski definition) is 2. The summed E-state index contributed by atoms with van der Waals surface area (Å²) in [6, 6.07) is 4.06. The van der Waals surface area contributed by atoms with Gasteiger partial charge in [-0.15, -0.1) is 0 Å². The predicted octanol–water partition coefficient (Wildman–Crippen LogP) is 1.72. The molecule has 1 rings (SSSR count). The van der Waals surface area contributed by atoms with Crippen molar-refractivity contribution in [1.29, 1.82) is 0 Å². The minimum atomic E-state index is -1.04. The van der Waals surface area contributed by atoms with E-state index in [1.165, 1.54) is 4.90 Å². The zero-order chi connectivity index (χ0) is 15.3. The molecule has 0 aromatic carbocycles. The lowest BCUT2D eigenvalue weighted by Crippen LogP contribution is -2.52. The van der Waals surface area contributed by atoms with Gasteiger partial charge in [0.2, 0.25) is 0 Å². The summed E-state index contributed by atoms with van der Waals surface area (Å²) < 4.78 is 0. The molecule has 2 N–H and O–H groups in total. The monoisotopic (exact) mass is 279 g/mol. The molecular weight excluding hydrogens is 258 g/mol. The van der Waals surface area contributed by atoms with Crippen LogP contribution in [-0.2, 0) is 11.3 Å². The lowest BCUT2D eigenvalue weighted by Gasteiger charge is -2.29. The number of carboxylic acid groups (broad SMARTS) is 1. The van der Waals surface area contributed by atoms with Gasteiger partial charge in [-0.3, -0.25) is 4.98 Å². The predicted molar refractivity (Wildman–Crippen MR) is 75.1 cm³/mol. The van der Waals surface area contributed by atoms with Crippen LogP contribution in [0, 0.1) is 5.41 Å². The molecule has 20 heavy (non-hydrogen) atoms. The fourth-order valence-corrected chi connectivity index (χ4v) is 1.69. The van der Waals surface area contributed by atoms with E-state index in [0.717, 1.165) is 5.69 Å². The van der Waals surface area contributed by atoms with E-state index in [1.54, 1.807) is 40.1 Å². The van der Waals surface area contributed by atoms with Crippen LogP contribution in [0.3, 0.4) is 0 Å². The van der Waals surface area contributed by atoms with Gasteiger partial charge in [0, 0.05) is 13.2 Å². The molecule has 1 unspecified atom stereocenters. The van der Waals surface area contributed by atoms with Crippen LogP contribution in [-0.4, -0.2) is 40.1 Å². The number of carbonyl (C=O) groups excluding carboxylic acids is 1. The first-order chi connectivity index (χ1) is 9.21. The van der Waals surface area contributed by atoms with Gasteiger partial charge in [-0.25, -0.2) is 9.59 Å². The summed E-state index contributed by atoms with van der Waals surface area (Å²) in [6.45, 7) is 5.63. The van der Waals surface area contributed by atoms with Crippen LogP contribution >= 0.6 is 0 Å². The van der Waals surface area contributed by atoms with Crippen molar-refractivity contribution in [1.82, 2.24) is 15.2 Å². The van der Waals surface area contributed by atoms with Crippen LogP contribution in [0.4, 0.5) is 4.79 Å². The van der Waals surface area contributed by atoms with Crippen LogP contribution in [0.25, 0.3) is 0 Å². The molecule has 0 saturated carbocycles. The minimum Gasteiger partial charge on any atom is -0.480 e. The third kappa shape index (κ3) is 4.53. The fraction of sp³-hybridized carbons (Fsp3) is 0.500. The Morgan fingerprint density at radius 3 is 2.50 bits per heavy atom. The molecule has 6 heteroatoms. The third-order valence-corrected chi connectivity index (χ3v) is 2.85. The van der Waals surface area contributed by atoms with E-state index in [2.05, 4.69) is 10.3 Å².